The number of halogens is 2. The van der Waals surface area contributed by atoms with Crippen LogP contribution in [-0.4, -0.2) is 16.3 Å². The molecule has 0 aliphatic carbocycles. The molecule has 0 spiro atoms. The van der Waals surface area contributed by atoms with Gasteiger partial charge in [-0.15, -0.1) is 11.6 Å². The molecule has 2 nitrogen and oxygen atoms in total. The minimum absolute atomic E-state index is 0.137. The Bertz CT molecular complexity index is 350. The smallest absolute Gasteiger partial charge is 0.180 e. The molecule has 1 atom stereocenters. The number of ketones is 1. The van der Waals surface area contributed by atoms with E-state index in [0.717, 1.165) is 3.57 Å². The van der Waals surface area contributed by atoms with Crippen LogP contribution >= 0.6 is 34.2 Å². The number of rotatable bonds is 3. The van der Waals surface area contributed by atoms with Gasteiger partial charge in [0.05, 0.1) is 12.0 Å². The number of aliphatic hydroxyl groups is 1. The maximum atomic E-state index is 11.6. The van der Waals surface area contributed by atoms with E-state index in [1.165, 1.54) is 0 Å². The molecule has 1 unspecified atom stereocenters. The van der Waals surface area contributed by atoms with Crippen LogP contribution in [0.3, 0.4) is 0 Å². The van der Waals surface area contributed by atoms with E-state index in [2.05, 4.69) is 22.6 Å². The number of alkyl halides is 1. The maximum absolute atomic E-state index is 11.6. The fourth-order valence-corrected chi connectivity index (χ4v) is 1.74. The van der Waals surface area contributed by atoms with E-state index >= 15 is 0 Å². The molecule has 1 rings (SSSR count). The Morgan fingerprint density at radius 3 is 2.79 bits per heavy atom. The number of aliphatic hydroxyl groups excluding tert-OH is 1. The van der Waals surface area contributed by atoms with Crippen molar-refractivity contribution in [3.05, 3.63) is 32.9 Å². The van der Waals surface area contributed by atoms with Gasteiger partial charge in [0.25, 0.3) is 0 Å². The number of Topliss-reactive ketones (excluding diaryl/α,β-unsaturated/α-hetero) is 1. The minimum atomic E-state index is -0.557. The first-order valence-electron chi connectivity index (χ1n) is 4.14. The molecule has 76 valence electrons. The van der Waals surface area contributed by atoms with Crippen molar-refractivity contribution in [1.29, 1.82) is 0 Å². The van der Waals surface area contributed by atoms with E-state index in [1.807, 2.05) is 6.07 Å². The number of carbonyl (C=O) groups excluding carboxylic acids is 1. The average molecular weight is 325 g/mol. The third kappa shape index (κ3) is 2.68. The highest BCUT2D eigenvalue weighted by atomic mass is 127. The van der Waals surface area contributed by atoms with Crippen molar-refractivity contribution in [3.63, 3.8) is 0 Å². The first kappa shape index (κ1) is 11.9. The van der Waals surface area contributed by atoms with Gasteiger partial charge in [-0.25, -0.2) is 0 Å². The van der Waals surface area contributed by atoms with E-state index in [4.69, 9.17) is 16.7 Å². The van der Waals surface area contributed by atoms with Gasteiger partial charge in [0.2, 0.25) is 0 Å². The lowest BCUT2D eigenvalue weighted by molar-refractivity contribution is 0.0988. The molecule has 0 aromatic heterocycles. The molecule has 0 saturated carbocycles. The van der Waals surface area contributed by atoms with Crippen molar-refractivity contribution < 1.29 is 9.90 Å². The van der Waals surface area contributed by atoms with E-state index < -0.39 is 5.38 Å². The second kappa shape index (κ2) is 5.09. The fourth-order valence-electron chi connectivity index (χ4n) is 1.13. The van der Waals surface area contributed by atoms with E-state index in [0.29, 0.717) is 11.1 Å². The topological polar surface area (TPSA) is 37.3 Å². The lowest BCUT2D eigenvalue weighted by atomic mass is 10.0. The van der Waals surface area contributed by atoms with E-state index in [1.54, 1.807) is 19.1 Å². The van der Waals surface area contributed by atoms with Gasteiger partial charge in [-0.3, -0.25) is 4.79 Å². The molecule has 0 fully saturated rings. The lowest BCUT2D eigenvalue weighted by Gasteiger charge is -2.08. The van der Waals surface area contributed by atoms with Crippen LogP contribution in [0, 0.1) is 3.57 Å². The lowest BCUT2D eigenvalue weighted by Crippen LogP contribution is -2.13. The third-order valence-corrected chi connectivity index (χ3v) is 2.74. The molecular weight excluding hydrogens is 314 g/mol. The Labute approximate surface area is 101 Å². The van der Waals surface area contributed by atoms with Crippen LogP contribution in [0.5, 0.6) is 0 Å². The molecule has 0 saturated heterocycles. The summed E-state index contributed by atoms with van der Waals surface area (Å²) in [6.45, 7) is 1.49. The van der Waals surface area contributed by atoms with Crippen molar-refractivity contribution in [3.8, 4) is 0 Å². The van der Waals surface area contributed by atoms with Crippen LogP contribution in [0.25, 0.3) is 0 Å². The molecule has 0 bridgehead atoms. The van der Waals surface area contributed by atoms with Gasteiger partial charge in [0, 0.05) is 9.13 Å². The SMILES string of the molecule is CC(Cl)C(=O)c1cc(I)ccc1CO. The second-order valence-corrected chi connectivity index (χ2v) is 4.84. The second-order valence-electron chi connectivity index (χ2n) is 2.94. The van der Waals surface area contributed by atoms with Crippen molar-refractivity contribution >= 4 is 40.0 Å². The molecule has 14 heavy (non-hydrogen) atoms. The van der Waals surface area contributed by atoms with Crippen molar-refractivity contribution in [1.82, 2.24) is 0 Å². The van der Waals surface area contributed by atoms with Crippen LogP contribution in [0.1, 0.15) is 22.8 Å². The van der Waals surface area contributed by atoms with E-state index in [9.17, 15) is 4.79 Å². The van der Waals surface area contributed by atoms with Crippen LogP contribution < -0.4 is 0 Å². The highest BCUT2D eigenvalue weighted by Gasteiger charge is 2.16. The van der Waals surface area contributed by atoms with Gasteiger partial charge in [-0.05, 0) is 47.2 Å². The Kier molecular flexibility index (Phi) is 4.34. The zero-order valence-corrected chi connectivity index (χ0v) is 10.5. The molecule has 0 radical (unpaired) electrons. The number of hydrogen-bond acceptors (Lipinski definition) is 2. The maximum Gasteiger partial charge on any atom is 0.180 e. The average Bonchev–Trinajstić information content (AvgIpc) is 2.16. The molecule has 1 N–H and O–H groups in total. The number of hydrogen-bond donors (Lipinski definition) is 1. The first-order valence-corrected chi connectivity index (χ1v) is 5.65. The zero-order valence-electron chi connectivity index (χ0n) is 7.63. The summed E-state index contributed by atoms with van der Waals surface area (Å²) < 4.78 is 0.959. The molecule has 0 aliphatic rings. The Morgan fingerprint density at radius 1 is 1.64 bits per heavy atom. The monoisotopic (exact) mass is 324 g/mol. The van der Waals surface area contributed by atoms with Gasteiger partial charge in [0.1, 0.15) is 0 Å². The summed E-state index contributed by atoms with van der Waals surface area (Å²) in [5.41, 5.74) is 1.14. The summed E-state index contributed by atoms with van der Waals surface area (Å²) in [6.07, 6.45) is 0. The third-order valence-electron chi connectivity index (χ3n) is 1.87. The summed E-state index contributed by atoms with van der Waals surface area (Å²) in [4.78, 5) is 11.6. The summed E-state index contributed by atoms with van der Waals surface area (Å²) in [5.74, 6) is -0.144. The number of carbonyl (C=O) groups is 1. The quantitative estimate of drug-likeness (QED) is 0.527. The van der Waals surface area contributed by atoms with Crippen LogP contribution in [0.4, 0.5) is 0 Å². The highest BCUT2D eigenvalue weighted by molar-refractivity contribution is 14.1. The summed E-state index contributed by atoms with van der Waals surface area (Å²) >= 11 is 7.83. The largest absolute Gasteiger partial charge is 0.392 e. The molecule has 1 aromatic rings. The minimum Gasteiger partial charge on any atom is -0.392 e. The predicted molar refractivity (Wildman–Crippen MR) is 64.7 cm³/mol. The fraction of sp³-hybridized carbons (Fsp3) is 0.300. The molecule has 4 heteroatoms. The van der Waals surface area contributed by atoms with Crippen LogP contribution in [0.2, 0.25) is 0 Å². The van der Waals surface area contributed by atoms with Gasteiger partial charge < -0.3 is 5.11 Å². The molecule has 0 aliphatic heterocycles. The Balaban J connectivity index is 3.17. The first-order chi connectivity index (χ1) is 6.56. The van der Waals surface area contributed by atoms with Gasteiger partial charge in [0.15, 0.2) is 5.78 Å². The summed E-state index contributed by atoms with van der Waals surface area (Å²) in [6, 6.07) is 5.34. The summed E-state index contributed by atoms with van der Waals surface area (Å²) in [5, 5.41) is 8.49. The van der Waals surface area contributed by atoms with Crippen molar-refractivity contribution in [2.24, 2.45) is 0 Å². The zero-order chi connectivity index (χ0) is 10.7. The predicted octanol–water partition coefficient (Wildman–Crippen LogP) is 2.59. The Hall–Kier alpha value is -0.130. The normalized spacial score (nSPS) is 12.6. The van der Waals surface area contributed by atoms with Gasteiger partial charge >= 0.3 is 0 Å². The standard InChI is InChI=1S/C10H10ClIO2/c1-6(11)10(14)9-4-8(12)3-2-7(9)5-13/h2-4,6,13H,5H2,1H3. The van der Waals surface area contributed by atoms with Crippen molar-refractivity contribution in [2.75, 3.05) is 0 Å². The Morgan fingerprint density at radius 2 is 2.29 bits per heavy atom. The summed E-state index contributed by atoms with van der Waals surface area (Å²) in [7, 11) is 0. The molecule has 0 heterocycles. The van der Waals surface area contributed by atoms with Crippen LogP contribution in [-0.2, 0) is 6.61 Å². The van der Waals surface area contributed by atoms with Gasteiger partial charge in [-0.1, -0.05) is 6.07 Å². The molecule has 0 amide bonds. The van der Waals surface area contributed by atoms with Crippen LogP contribution in [0.15, 0.2) is 18.2 Å². The van der Waals surface area contributed by atoms with Crippen molar-refractivity contribution in [2.45, 2.75) is 18.9 Å². The molecule has 1 aromatic carbocycles. The number of benzene rings is 1. The van der Waals surface area contributed by atoms with E-state index in [-0.39, 0.29) is 12.4 Å². The molecular formula is C10H10ClIO2. The van der Waals surface area contributed by atoms with Gasteiger partial charge in [-0.2, -0.15) is 0 Å². The highest BCUT2D eigenvalue weighted by Crippen LogP contribution is 2.17.